The van der Waals surface area contributed by atoms with Crippen LogP contribution in [0.15, 0.2) is 60.7 Å². The van der Waals surface area contributed by atoms with Crippen LogP contribution in [0.2, 0.25) is 0 Å². The molecule has 1 aliphatic carbocycles. The first-order valence-electron chi connectivity index (χ1n) is 8.15. The lowest BCUT2D eigenvalue weighted by Gasteiger charge is -2.02. The SMILES string of the molecule is C[C@H]1C[C@@H]1C(=O)Nc1nc(-c2ccccc2)c(-c2ccccc2)s1. The van der Waals surface area contributed by atoms with E-state index in [0.717, 1.165) is 28.1 Å². The van der Waals surface area contributed by atoms with Crippen molar-refractivity contribution in [2.75, 3.05) is 5.32 Å². The maximum absolute atomic E-state index is 12.2. The van der Waals surface area contributed by atoms with Crippen LogP contribution in [-0.2, 0) is 4.79 Å². The summed E-state index contributed by atoms with van der Waals surface area (Å²) < 4.78 is 0. The normalized spacial score (nSPS) is 19.0. The molecule has 0 aliphatic heterocycles. The van der Waals surface area contributed by atoms with E-state index in [1.165, 1.54) is 11.3 Å². The zero-order chi connectivity index (χ0) is 16.5. The second-order valence-corrected chi connectivity index (χ2v) is 7.24. The molecule has 0 unspecified atom stereocenters. The third-order valence-electron chi connectivity index (χ3n) is 4.39. The molecule has 1 aliphatic rings. The number of hydrogen-bond acceptors (Lipinski definition) is 3. The van der Waals surface area contributed by atoms with Crippen molar-refractivity contribution in [2.45, 2.75) is 13.3 Å². The van der Waals surface area contributed by atoms with Crippen molar-refractivity contribution in [3.8, 4) is 21.7 Å². The second-order valence-electron chi connectivity index (χ2n) is 6.24. The van der Waals surface area contributed by atoms with Gasteiger partial charge < -0.3 is 5.32 Å². The molecule has 0 saturated heterocycles. The van der Waals surface area contributed by atoms with E-state index in [1.54, 1.807) is 0 Å². The van der Waals surface area contributed by atoms with Crippen molar-refractivity contribution < 1.29 is 4.79 Å². The van der Waals surface area contributed by atoms with Crippen molar-refractivity contribution in [2.24, 2.45) is 11.8 Å². The molecule has 0 spiro atoms. The molecule has 1 heterocycles. The highest BCUT2D eigenvalue weighted by atomic mass is 32.1. The topological polar surface area (TPSA) is 42.0 Å². The van der Waals surface area contributed by atoms with E-state index in [2.05, 4.69) is 36.5 Å². The van der Waals surface area contributed by atoms with Gasteiger partial charge in [0.1, 0.15) is 0 Å². The predicted molar refractivity (Wildman–Crippen MR) is 98.9 cm³/mol. The standard InChI is InChI=1S/C20H18N2OS/c1-13-12-16(13)19(23)22-20-21-17(14-8-4-2-5-9-14)18(24-20)15-10-6-3-7-11-15/h2-11,13,16H,12H2,1H3,(H,21,22,23)/t13-,16-/m0/s1. The fourth-order valence-corrected chi connectivity index (χ4v) is 3.83. The number of hydrogen-bond donors (Lipinski definition) is 1. The highest BCUT2D eigenvalue weighted by molar-refractivity contribution is 7.19. The molecule has 1 aromatic heterocycles. The summed E-state index contributed by atoms with van der Waals surface area (Å²) >= 11 is 1.54. The number of carbonyl (C=O) groups is 1. The van der Waals surface area contributed by atoms with Crippen LogP contribution in [0.25, 0.3) is 21.7 Å². The minimum absolute atomic E-state index is 0.0930. The molecule has 3 aromatic rings. The summed E-state index contributed by atoms with van der Waals surface area (Å²) in [6.07, 6.45) is 0.980. The fraction of sp³-hybridized carbons (Fsp3) is 0.200. The van der Waals surface area contributed by atoms with Gasteiger partial charge in [-0.15, -0.1) is 0 Å². The van der Waals surface area contributed by atoms with Crippen molar-refractivity contribution >= 4 is 22.4 Å². The number of benzene rings is 2. The van der Waals surface area contributed by atoms with Crippen LogP contribution in [0.1, 0.15) is 13.3 Å². The highest BCUT2D eigenvalue weighted by Crippen LogP contribution is 2.41. The quantitative estimate of drug-likeness (QED) is 0.723. The Labute approximate surface area is 145 Å². The molecule has 3 nitrogen and oxygen atoms in total. The first-order chi connectivity index (χ1) is 11.7. The number of thiazole rings is 1. The van der Waals surface area contributed by atoms with Crippen molar-refractivity contribution in [1.82, 2.24) is 4.98 Å². The summed E-state index contributed by atoms with van der Waals surface area (Å²) in [6, 6.07) is 20.3. The Bertz CT molecular complexity index is 801. The smallest absolute Gasteiger partial charge is 0.229 e. The Kier molecular flexibility index (Phi) is 3.90. The lowest BCUT2D eigenvalue weighted by Crippen LogP contribution is -2.14. The van der Waals surface area contributed by atoms with Crippen LogP contribution in [0.3, 0.4) is 0 Å². The van der Waals surface area contributed by atoms with E-state index >= 15 is 0 Å². The summed E-state index contributed by atoms with van der Waals surface area (Å²) in [7, 11) is 0. The van der Waals surface area contributed by atoms with Gasteiger partial charge in [-0.25, -0.2) is 4.98 Å². The largest absolute Gasteiger partial charge is 0.302 e. The van der Waals surface area contributed by atoms with Gasteiger partial charge >= 0.3 is 0 Å². The van der Waals surface area contributed by atoms with Crippen LogP contribution in [-0.4, -0.2) is 10.9 Å². The molecule has 1 amide bonds. The number of aromatic nitrogens is 1. The second kappa shape index (κ2) is 6.21. The van der Waals surface area contributed by atoms with E-state index < -0.39 is 0 Å². The van der Waals surface area contributed by atoms with Crippen LogP contribution < -0.4 is 5.32 Å². The summed E-state index contributed by atoms with van der Waals surface area (Å²) in [6.45, 7) is 2.11. The van der Waals surface area contributed by atoms with Crippen molar-refractivity contribution in [1.29, 1.82) is 0 Å². The first-order valence-corrected chi connectivity index (χ1v) is 8.96. The molecular formula is C20H18N2OS. The molecule has 24 heavy (non-hydrogen) atoms. The van der Waals surface area contributed by atoms with Gasteiger partial charge in [0, 0.05) is 11.5 Å². The monoisotopic (exact) mass is 334 g/mol. The number of nitrogens with zero attached hydrogens (tertiary/aromatic N) is 1. The minimum atomic E-state index is 0.0930. The number of nitrogens with one attached hydrogen (secondary N) is 1. The Morgan fingerprint density at radius 2 is 1.62 bits per heavy atom. The average molecular weight is 334 g/mol. The molecule has 2 aromatic carbocycles. The third-order valence-corrected chi connectivity index (χ3v) is 5.41. The molecule has 0 bridgehead atoms. The van der Waals surface area contributed by atoms with Crippen LogP contribution in [0.5, 0.6) is 0 Å². The molecule has 0 radical (unpaired) electrons. The molecule has 2 atom stereocenters. The van der Waals surface area contributed by atoms with Crippen molar-refractivity contribution in [3.05, 3.63) is 60.7 Å². The van der Waals surface area contributed by atoms with Crippen LogP contribution in [0.4, 0.5) is 5.13 Å². The average Bonchev–Trinajstić information content (AvgIpc) is 3.21. The minimum Gasteiger partial charge on any atom is -0.302 e. The first kappa shape index (κ1) is 15.1. The Morgan fingerprint density at radius 3 is 2.21 bits per heavy atom. The maximum atomic E-state index is 12.2. The molecule has 120 valence electrons. The van der Waals surface area contributed by atoms with Crippen molar-refractivity contribution in [3.63, 3.8) is 0 Å². The summed E-state index contributed by atoms with van der Waals surface area (Å²) in [4.78, 5) is 18.0. The number of anilines is 1. The van der Waals surface area contributed by atoms with Gasteiger partial charge in [-0.05, 0) is 17.9 Å². The van der Waals surface area contributed by atoms with E-state index in [-0.39, 0.29) is 11.8 Å². The molecule has 1 fully saturated rings. The molecule has 4 heteroatoms. The zero-order valence-corrected chi connectivity index (χ0v) is 14.2. The van der Waals surface area contributed by atoms with E-state index in [1.807, 2.05) is 36.4 Å². The van der Waals surface area contributed by atoms with Gasteiger partial charge in [-0.2, -0.15) is 0 Å². The Hall–Kier alpha value is -2.46. The number of carbonyl (C=O) groups excluding carboxylic acids is 1. The summed E-state index contributed by atoms with van der Waals surface area (Å²) in [5.41, 5.74) is 3.10. The van der Waals surface area contributed by atoms with Gasteiger partial charge in [0.2, 0.25) is 5.91 Å². The molecule has 1 N–H and O–H groups in total. The van der Waals surface area contributed by atoms with Gasteiger partial charge in [-0.3, -0.25) is 4.79 Å². The van der Waals surface area contributed by atoms with Gasteiger partial charge in [0.25, 0.3) is 0 Å². The van der Waals surface area contributed by atoms with Crippen LogP contribution >= 0.6 is 11.3 Å². The molecule has 4 rings (SSSR count). The zero-order valence-electron chi connectivity index (χ0n) is 13.4. The number of rotatable bonds is 4. The van der Waals surface area contributed by atoms with E-state index in [0.29, 0.717) is 11.0 Å². The lowest BCUT2D eigenvalue weighted by atomic mass is 10.1. The Balaban J connectivity index is 1.72. The maximum Gasteiger partial charge on any atom is 0.229 e. The predicted octanol–water partition coefficient (Wildman–Crippen LogP) is 5.07. The van der Waals surface area contributed by atoms with Gasteiger partial charge in [-0.1, -0.05) is 78.9 Å². The summed E-state index contributed by atoms with van der Waals surface area (Å²) in [5.74, 6) is 0.733. The van der Waals surface area contributed by atoms with Crippen LogP contribution in [0, 0.1) is 11.8 Å². The highest BCUT2D eigenvalue weighted by Gasteiger charge is 2.39. The lowest BCUT2D eigenvalue weighted by molar-refractivity contribution is -0.117. The molecular weight excluding hydrogens is 316 g/mol. The third kappa shape index (κ3) is 2.97. The van der Waals surface area contributed by atoms with E-state index in [4.69, 9.17) is 4.98 Å². The van der Waals surface area contributed by atoms with Gasteiger partial charge in [0.15, 0.2) is 5.13 Å². The summed E-state index contributed by atoms with van der Waals surface area (Å²) in [5, 5.41) is 3.68. The number of amides is 1. The van der Waals surface area contributed by atoms with E-state index in [9.17, 15) is 4.79 Å². The fourth-order valence-electron chi connectivity index (χ4n) is 2.84. The Morgan fingerprint density at radius 1 is 1.04 bits per heavy atom. The molecule has 1 saturated carbocycles. The van der Waals surface area contributed by atoms with Gasteiger partial charge in [0.05, 0.1) is 10.6 Å².